The Morgan fingerprint density at radius 3 is 2.25 bits per heavy atom. The molecule has 7 heteroatoms. The fourth-order valence-corrected chi connectivity index (χ4v) is 16.1. The highest BCUT2D eigenvalue weighted by atomic mass is 29.3. The van der Waals surface area contributed by atoms with Crippen LogP contribution in [0.4, 0.5) is 0 Å². The first kappa shape index (κ1) is 21.1. The summed E-state index contributed by atoms with van der Waals surface area (Å²) in [4.78, 5) is 23.4. The molecule has 1 heterocycles. The SMILES string of the molecule is CCOC(=O)C=CC(=O)OC(CC)[Si]1(C)CCC(C)(C)O[Si]1(C)C. The molecule has 2 atom stereocenters. The van der Waals surface area contributed by atoms with Crippen LogP contribution < -0.4 is 0 Å². The van der Waals surface area contributed by atoms with Gasteiger partial charge in [0, 0.05) is 12.2 Å². The fraction of sp³-hybridized carbons (Fsp3) is 0.765. The Morgan fingerprint density at radius 1 is 1.17 bits per heavy atom. The summed E-state index contributed by atoms with van der Waals surface area (Å²) in [5, 5.41) is 0. The van der Waals surface area contributed by atoms with Gasteiger partial charge in [-0.1, -0.05) is 19.5 Å². The quantitative estimate of drug-likeness (QED) is 0.405. The zero-order valence-corrected chi connectivity index (χ0v) is 18.1. The molecule has 24 heavy (non-hydrogen) atoms. The molecular weight excluding hydrogens is 340 g/mol. The average molecular weight is 373 g/mol. The van der Waals surface area contributed by atoms with E-state index in [2.05, 4.69) is 40.4 Å². The van der Waals surface area contributed by atoms with E-state index in [1.54, 1.807) is 6.92 Å². The molecule has 1 saturated heterocycles. The molecular formula is C17H32O5Si2. The molecule has 0 amide bonds. The van der Waals surface area contributed by atoms with Gasteiger partial charge in [0.2, 0.25) is 0 Å². The van der Waals surface area contributed by atoms with E-state index in [0.717, 1.165) is 25.0 Å². The standard InChI is InChI=1S/C17H32O5Si2/c1-8-16(21-15(19)11-10-14(18)20-9-2)24(7)13-12-17(3,4)22-23(24,5)6/h10-11,16H,8-9,12-13H2,1-7H3. The Hall–Kier alpha value is -0.926. The predicted molar refractivity (Wildman–Crippen MR) is 99.6 cm³/mol. The lowest BCUT2D eigenvalue weighted by molar-refractivity contribution is -0.141. The molecule has 1 rings (SSSR count). The van der Waals surface area contributed by atoms with E-state index < -0.39 is 27.4 Å². The zero-order chi connectivity index (χ0) is 18.6. The Bertz CT molecular complexity index is 501. The maximum Gasteiger partial charge on any atom is 0.330 e. The van der Waals surface area contributed by atoms with Gasteiger partial charge in [0.05, 0.1) is 17.9 Å². The molecule has 1 fully saturated rings. The van der Waals surface area contributed by atoms with Gasteiger partial charge in [0.1, 0.15) is 7.59 Å². The van der Waals surface area contributed by atoms with E-state index in [0.29, 0.717) is 0 Å². The van der Waals surface area contributed by atoms with Crippen molar-refractivity contribution in [1.29, 1.82) is 0 Å². The van der Waals surface area contributed by atoms with Gasteiger partial charge < -0.3 is 13.9 Å². The lowest BCUT2D eigenvalue weighted by atomic mass is 10.1. The second-order valence-corrected chi connectivity index (χ2v) is 22.0. The normalized spacial score (nSPS) is 26.8. The van der Waals surface area contributed by atoms with Crippen LogP contribution in [0.15, 0.2) is 12.2 Å². The molecule has 0 N–H and O–H groups in total. The molecule has 0 aromatic heterocycles. The van der Waals surface area contributed by atoms with Crippen LogP contribution in [0.2, 0.25) is 25.7 Å². The maximum atomic E-state index is 12.1. The van der Waals surface area contributed by atoms with Gasteiger partial charge in [-0.3, -0.25) is 0 Å². The molecule has 2 unspecified atom stereocenters. The van der Waals surface area contributed by atoms with Gasteiger partial charge in [-0.15, -0.1) is 0 Å². The third-order valence-electron chi connectivity index (χ3n) is 5.14. The number of esters is 2. The number of carbonyl (C=O) groups excluding carboxylic acids is 2. The number of ether oxygens (including phenoxy) is 2. The average Bonchev–Trinajstić information content (AvgIpc) is 2.46. The van der Waals surface area contributed by atoms with Crippen LogP contribution in [0.1, 0.15) is 40.5 Å². The molecule has 5 nitrogen and oxygen atoms in total. The summed E-state index contributed by atoms with van der Waals surface area (Å²) in [6.45, 7) is 15.2. The minimum Gasteiger partial charge on any atom is -0.463 e. The highest BCUT2D eigenvalue weighted by molar-refractivity contribution is 7.39. The summed E-state index contributed by atoms with van der Waals surface area (Å²) in [6, 6.07) is 1.10. The van der Waals surface area contributed by atoms with Crippen molar-refractivity contribution >= 4 is 27.4 Å². The molecule has 0 saturated carbocycles. The summed E-state index contributed by atoms with van der Waals surface area (Å²) in [5.74, 6) is -0.998. The van der Waals surface area contributed by atoms with Crippen molar-refractivity contribution < 1.29 is 23.5 Å². The smallest absolute Gasteiger partial charge is 0.330 e. The van der Waals surface area contributed by atoms with Gasteiger partial charge in [-0.05, 0) is 46.7 Å². The number of hydrogen-bond acceptors (Lipinski definition) is 5. The Morgan fingerprint density at radius 2 is 1.75 bits per heavy atom. The molecule has 0 radical (unpaired) electrons. The van der Waals surface area contributed by atoms with Gasteiger partial charge in [-0.25, -0.2) is 9.59 Å². The number of carbonyl (C=O) groups is 2. The number of rotatable bonds is 6. The largest absolute Gasteiger partial charge is 0.463 e. The lowest BCUT2D eigenvalue weighted by Gasteiger charge is -2.53. The Labute approximate surface area is 147 Å². The maximum absolute atomic E-state index is 12.1. The van der Waals surface area contributed by atoms with Gasteiger partial charge >= 0.3 is 11.9 Å². The minimum absolute atomic E-state index is 0.0883. The van der Waals surface area contributed by atoms with Gasteiger partial charge in [-0.2, -0.15) is 0 Å². The topological polar surface area (TPSA) is 61.8 Å². The van der Waals surface area contributed by atoms with Crippen LogP contribution in [-0.4, -0.2) is 45.3 Å². The Kier molecular flexibility index (Phi) is 7.01. The summed E-state index contributed by atoms with van der Waals surface area (Å²) in [5.41, 5.74) is -0.177. The molecule has 0 aromatic carbocycles. The summed E-state index contributed by atoms with van der Waals surface area (Å²) in [7, 11) is -3.84. The van der Waals surface area contributed by atoms with Crippen LogP contribution in [-0.2, 0) is 23.5 Å². The number of hydrogen-bond donors (Lipinski definition) is 0. The third-order valence-corrected chi connectivity index (χ3v) is 22.5. The highest BCUT2D eigenvalue weighted by Crippen LogP contribution is 2.41. The first-order valence-corrected chi connectivity index (χ1v) is 15.4. The molecule has 0 spiro atoms. The molecule has 138 valence electrons. The van der Waals surface area contributed by atoms with Gasteiger partial charge in [0.25, 0.3) is 0 Å². The van der Waals surface area contributed by atoms with E-state index >= 15 is 0 Å². The van der Waals surface area contributed by atoms with Crippen molar-refractivity contribution in [2.24, 2.45) is 0 Å². The predicted octanol–water partition coefficient (Wildman–Crippen LogP) is 3.53. The first-order valence-electron chi connectivity index (χ1n) is 8.73. The second kappa shape index (κ2) is 7.97. The van der Waals surface area contributed by atoms with Crippen LogP contribution in [0.5, 0.6) is 0 Å². The first-order chi connectivity index (χ1) is 11.0. The van der Waals surface area contributed by atoms with E-state index in [1.165, 1.54) is 6.08 Å². The molecule has 0 aliphatic carbocycles. The summed E-state index contributed by atoms with van der Waals surface area (Å²) in [6.07, 6.45) is 4.08. The third kappa shape index (κ3) is 5.03. The lowest BCUT2D eigenvalue weighted by Crippen LogP contribution is -2.71. The minimum atomic E-state index is -1.94. The molecule has 0 bridgehead atoms. The van der Waals surface area contributed by atoms with Crippen LogP contribution in [0, 0.1) is 0 Å². The van der Waals surface area contributed by atoms with E-state index in [9.17, 15) is 9.59 Å². The van der Waals surface area contributed by atoms with Gasteiger partial charge in [0.15, 0.2) is 7.83 Å². The van der Waals surface area contributed by atoms with Crippen molar-refractivity contribution in [3.8, 4) is 0 Å². The molecule has 0 aromatic rings. The second-order valence-electron chi connectivity index (χ2n) is 7.71. The molecule has 1 aliphatic heterocycles. The summed E-state index contributed by atoms with van der Waals surface area (Å²) < 4.78 is 17.0. The van der Waals surface area contributed by atoms with Crippen LogP contribution >= 0.6 is 0 Å². The zero-order valence-electron chi connectivity index (χ0n) is 16.1. The van der Waals surface area contributed by atoms with E-state index in [1.807, 2.05) is 0 Å². The van der Waals surface area contributed by atoms with Crippen LogP contribution in [0.3, 0.4) is 0 Å². The van der Waals surface area contributed by atoms with Crippen molar-refractivity contribution in [3.63, 3.8) is 0 Å². The summed E-state index contributed by atoms with van der Waals surface area (Å²) >= 11 is 0. The van der Waals surface area contributed by atoms with Crippen molar-refractivity contribution in [2.75, 3.05) is 6.61 Å². The van der Waals surface area contributed by atoms with E-state index in [4.69, 9.17) is 13.9 Å². The highest BCUT2D eigenvalue weighted by Gasteiger charge is 2.58. The van der Waals surface area contributed by atoms with Crippen molar-refractivity contribution in [3.05, 3.63) is 12.2 Å². The fourth-order valence-electron chi connectivity index (χ4n) is 3.44. The Balaban J connectivity index is 2.85. The molecule has 1 aliphatic rings. The van der Waals surface area contributed by atoms with Crippen LogP contribution in [0.25, 0.3) is 0 Å². The monoisotopic (exact) mass is 372 g/mol. The van der Waals surface area contributed by atoms with Crippen molar-refractivity contribution in [1.82, 2.24) is 0 Å². The van der Waals surface area contributed by atoms with E-state index in [-0.39, 0.29) is 17.9 Å². The van der Waals surface area contributed by atoms with Crippen molar-refractivity contribution in [2.45, 2.75) is 77.6 Å².